The third-order valence-electron chi connectivity index (χ3n) is 2.56. The van der Waals surface area contributed by atoms with Gasteiger partial charge in [0.05, 0.1) is 6.54 Å². The van der Waals surface area contributed by atoms with Gasteiger partial charge in [-0.1, -0.05) is 13.8 Å². The molecule has 0 saturated heterocycles. The Bertz CT molecular complexity index is 440. The van der Waals surface area contributed by atoms with Crippen molar-refractivity contribution in [3.8, 4) is 0 Å². The summed E-state index contributed by atoms with van der Waals surface area (Å²) in [7, 11) is 0. The molecule has 4 nitrogen and oxygen atoms in total. The monoisotopic (exact) mass is 271 g/mol. The van der Waals surface area contributed by atoms with Crippen LogP contribution in [0.15, 0.2) is 12.1 Å². The second-order valence-electron chi connectivity index (χ2n) is 4.85. The van der Waals surface area contributed by atoms with Gasteiger partial charge in [-0.05, 0) is 23.6 Å². The van der Waals surface area contributed by atoms with Gasteiger partial charge in [-0.2, -0.15) is 0 Å². The second kappa shape index (κ2) is 6.47. The molecule has 6 heteroatoms. The molecule has 0 radical (unpaired) electrons. The second-order valence-corrected chi connectivity index (χ2v) is 4.85. The number of anilines is 1. The standard InChI is InChI=1S/C13H19F2N3O/c1-8(2)6-18(7-12(17)19)13-10(14)3-9(5-16)4-11(13)15/h3-4,8H,5-7,16H2,1-2H3,(H2,17,19). The van der Waals surface area contributed by atoms with Crippen molar-refractivity contribution in [2.45, 2.75) is 20.4 Å². The van der Waals surface area contributed by atoms with Crippen LogP contribution >= 0.6 is 0 Å². The maximum Gasteiger partial charge on any atom is 0.236 e. The molecule has 1 aromatic rings. The van der Waals surface area contributed by atoms with Crippen LogP contribution in [0.2, 0.25) is 0 Å². The third kappa shape index (κ3) is 4.17. The van der Waals surface area contributed by atoms with Crippen LogP contribution in [0.5, 0.6) is 0 Å². The molecule has 0 aromatic heterocycles. The van der Waals surface area contributed by atoms with Crippen LogP contribution < -0.4 is 16.4 Å². The predicted molar refractivity (Wildman–Crippen MR) is 70.5 cm³/mol. The van der Waals surface area contributed by atoms with Crippen molar-refractivity contribution in [3.63, 3.8) is 0 Å². The van der Waals surface area contributed by atoms with E-state index >= 15 is 0 Å². The summed E-state index contributed by atoms with van der Waals surface area (Å²) in [6.07, 6.45) is 0. The number of hydrogen-bond donors (Lipinski definition) is 2. The van der Waals surface area contributed by atoms with E-state index in [9.17, 15) is 13.6 Å². The summed E-state index contributed by atoms with van der Waals surface area (Å²) >= 11 is 0. The number of nitrogens with two attached hydrogens (primary N) is 2. The minimum Gasteiger partial charge on any atom is -0.368 e. The first-order valence-electron chi connectivity index (χ1n) is 6.06. The van der Waals surface area contributed by atoms with E-state index in [4.69, 9.17) is 11.5 Å². The average Bonchev–Trinajstić information content (AvgIpc) is 2.25. The van der Waals surface area contributed by atoms with Gasteiger partial charge in [-0.15, -0.1) is 0 Å². The van der Waals surface area contributed by atoms with Gasteiger partial charge in [0.25, 0.3) is 0 Å². The highest BCUT2D eigenvalue weighted by Gasteiger charge is 2.20. The lowest BCUT2D eigenvalue weighted by atomic mass is 10.1. The molecule has 19 heavy (non-hydrogen) atoms. The Hall–Kier alpha value is -1.69. The van der Waals surface area contributed by atoms with Crippen LogP contribution in [0.4, 0.5) is 14.5 Å². The largest absolute Gasteiger partial charge is 0.368 e. The van der Waals surface area contributed by atoms with Crippen LogP contribution in [0, 0.1) is 17.6 Å². The van der Waals surface area contributed by atoms with E-state index in [0.717, 1.165) is 0 Å². The van der Waals surface area contributed by atoms with Crippen molar-refractivity contribution in [1.29, 1.82) is 0 Å². The van der Waals surface area contributed by atoms with E-state index in [1.165, 1.54) is 17.0 Å². The Balaban J connectivity index is 3.17. The Morgan fingerprint density at radius 2 is 1.84 bits per heavy atom. The molecule has 0 heterocycles. The number of hydrogen-bond acceptors (Lipinski definition) is 3. The molecule has 0 bridgehead atoms. The molecule has 0 fully saturated rings. The summed E-state index contributed by atoms with van der Waals surface area (Å²) in [5.74, 6) is -1.97. The van der Waals surface area contributed by atoms with Gasteiger partial charge in [0, 0.05) is 13.1 Å². The number of nitrogens with zero attached hydrogens (tertiary/aromatic N) is 1. The van der Waals surface area contributed by atoms with Crippen molar-refractivity contribution < 1.29 is 13.6 Å². The molecule has 0 atom stereocenters. The molecule has 0 aliphatic heterocycles. The lowest BCUT2D eigenvalue weighted by molar-refractivity contribution is -0.116. The SMILES string of the molecule is CC(C)CN(CC(N)=O)c1c(F)cc(CN)cc1F. The lowest BCUT2D eigenvalue weighted by Gasteiger charge is -2.26. The number of halogens is 2. The molecule has 106 valence electrons. The molecule has 1 amide bonds. The first-order valence-corrected chi connectivity index (χ1v) is 6.06. The van der Waals surface area contributed by atoms with E-state index in [2.05, 4.69) is 0 Å². The number of carbonyl (C=O) groups is 1. The minimum atomic E-state index is -0.734. The number of primary amides is 1. The Morgan fingerprint density at radius 3 is 2.21 bits per heavy atom. The maximum atomic E-state index is 14.0. The fourth-order valence-electron chi connectivity index (χ4n) is 1.90. The molecule has 1 rings (SSSR count). The first kappa shape index (κ1) is 15.4. The zero-order valence-corrected chi connectivity index (χ0v) is 11.1. The highest BCUT2D eigenvalue weighted by atomic mass is 19.1. The summed E-state index contributed by atoms with van der Waals surface area (Å²) in [6, 6.07) is 2.35. The van der Waals surface area contributed by atoms with Gasteiger partial charge in [-0.25, -0.2) is 8.78 Å². The maximum absolute atomic E-state index is 14.0. The normalized spacial score (nSPS) is 10.8. The topological polar surface area (TPSA) is 72.3 Å². The molecule has 0 unspecified atom stereocenters. The number of rotatable bonds is 6. The summed E-state index contributed by atoms with van der Waals surface area (Å²) in [5.41, 5.74) is 10.6. The first-order chi connectivity index (χ1) is 8.85. The molecule has 0 spiro atoms. The molecule has 0 aliphatic rings. The zero-order valence-electron chi connectivity index (χ0n) is 11.1. The van der Waals surface area contributed by atoms with Gasteiger partial charge in [0.2, 0.25) is 5.91 Å². The lowest BCUT2D eigenvalue weighted by Crippen LogP contribution is -2.37. The van der Waals surface area contributed by atoms with Crippen molar-refractivity contribution in [2.24, 2.45) is 17.4 Å². The highest BCUT2D eigenvalue weighted by molar-refractivity contribution is 5.79. The Kier molecular flexibility index (Phi) is 5.23. The van der Waals surface area contributed by atoms with Gasteiger partial charge in [-0.3, -0.25) is 4.79 Å². The van der Waals surface area contributed by atoms with E-state index in [1.807, 2.05) is 13.8 Å². The Morgan fingerprint density at radius 1 is 1.32 bits per heavy atom. The van der Waals surface area contributed by atoms with Crippen LogP contribution in [0.1, 0.15) is 19.4 Å². The van der Waals surface area contributed by atoms with E-state index < -0.39 is 17.5 Å². The van der Waals surface area contributed by atoms with Crippen molar-refractivity contribution in [3.05, 3.63) is 29.3 Å². The van der Waals surface area contributed by atoms with Crippen LogP contribution in [0.25, 0.3) is 0 Å². The molecular weight excluding hydrogens is 252 g/mol. The summed E-state index contributed by atoms with van der Waals surface area (Å²) in [5, 5.41) is 0. The van der Waals surface area contributed by atoms with Gasteiger partial charge in [0.15, 0.2) is 0 Å². The van der Waals surface area contributed by atoms with Gasteiger partial charge in [0.1, 0.15) is 17.3 Å². The van der Waals surface area contributed by atoms with Crippen molar-refractivity contribution in [1.82, 2.24) is 0 Å². The quantitative estimate of drug-likeness (QED) is 0.820. The number of carbonyl (C=O) groups excluding carboxylic acids is 1. The van der Waals surface area contributed by atoms with E-state index in [0.29, 0.717) is 12.1 Å². The van der Waals surface area contributed by atoms with Crippen LogP contribution in [-0.4, -0.2) is 19.0 Å². The summed E-state index contributed by atoms with van der Waals surface area (Å²) in [4.78, 5) is 12.3. The average molecular weight is 271 g/mol. The third-order valence-corrected chi connectivity index (χ3v) is 2.56. The van der Waals surface area contributed by atoms with E-state index in [-0.39, 0.29) is 24.7 Å². The zero-order chi connectivity index (χ0) is 14.6. The van der Waals surface area contributed by atoms with Gasteiger partial charge >= 0.3 is 0 Å². The smallest absolute Gasteiger partial charge is 0.236 e. The Labute approximate surface area is 111 Å². The fraction of sp³-hybridized carbons (Fsp3) is 0.462. The predicted octanol–water partition coefficient (Wildman–Crippen LogP) is 1.37. The number of amides is 1. The van der Waals surface area contributed by atoms with Crippen LogP contribution in [0.3, 0.4) is 0 Å². The highest BCUT2D eigenvalue weighted by Crippen LogP contribution is 2.25. The van der Waals surface area contributed by atoms with Gasteiger partial charge < -0.3 is 16.4 Å². The number of benzene rings is 1. The summed E-state index contributed by atoms with van der Waals surface area (Å²) in [6.45, 7) is 3.93. The van der Waals surface area contributed by atoms with Crippen molar-refractivity contribution >= 4 is 11.6 Å². The molecule has 0 aliphatic carbocycles. The van der Waals surface area contributed by atoms with Crippen LogP contribution in [-0.2, 0) is 11.3 Å². The minimum absolute atomic E-state index is 0.0497. The molecule has 4 N–H and O–H groups in total. The molecule has 0 saturated carbocycles. The molecule has 1 aromatic carbocycles. The fourth-order valence-corrected chi connectivity index (χ4v) is 1.90. The molecular formula is C13H19F2N3O. The summed E-state index contributed by atoms with van der Waals surface area (Å²) < 4.78 is 27.9. The van der Waals surface area contributed by atoms with E-state index in [1.54, 1.807) is 0 Å². The van der Waals surface area contributed by atoms with Crippen molar-refractivity contribution in [2.75, 3.05) is 18.0 Å².